The van der Waals surface area contributed by atoms with Gasteiger partial charge in [0.25, 0.3) is 0 Å². The number of nitrogens with one attached hydrogen (secondary N) is 1. The molecular weight excluding hydrogens is 260 g/mol. The Balaban J connectivity index is 2.33. The van der Waals surface area contributed by atoms with Gasteiger partial charge in [-0.2, -0.15) is 4.31 Å². The van der Waals surface area contributed by atoms with E-state index in [4.69, 9.17) is 0 Å². The van der Waals surface area contributed by atoms with E-state index in [1.807, 2.05) is 30.3 Å². The van der Waals surface area contributed by atoms with Gasteiger partial charge in [-0.1, -0.05) is 30.3 Å². The van der Waals surface area contributed by atoms with Crippen molar-refractivity contribution in [3.8, 4) is 0 Å². The van der Waals surface area contributed by atoms with E-state index in [1.54, 1.807) is 7.05 Å². The number of hydrogen-bond acceptors (Lipinski definition) is 3. The summed E-state index contributed by atoms with van der Waals surface area (Å²) >= 11 is 0. The molecule has 106 valence electrons. The molecule has 19 heavy (non-hydrogen) atoms. The molecule has 0 amide bonds. The first-order chi connectivity index (χ1) is 9.00. The Labute approximate surface area is 115 Å². The van der Waals surface area contributed by atoms with Crippen LogP contribution in [0.25, 0.3) is 0 Å². The third kappa shape index (κ3) is 3.55. The molecule has 1 aliphatic rings. The van der Waals surface area contributed by atoms with E-state index in [0.717, 1.165) is 31.5 Å². The minimum absolute atomic E-state index is 0.0571. The van der Waals surface area contributed by atoms with E-state index in [-0.39, 0.29) is 6.04 Å². The van der Waals surface area contributed by atoms with Crippen LogP contribution in [0.4, 0.5) is 0 Å². The predicted octanol–water partition coefficient (Wildman–Crippen LogP) is 1.62. The summed E-state index contributed by atoms with van der Waals surface area (Å²) in [5, 5.41) is 3.33. The van der Waals surface area contributed by atoms with Crippen LogP contribution in [0.1, 0.15) is 24.4 Å². The molecule has 1 heterocycles. The summed E-state index contributed by atoms with van der Waals surface area (Å²) in [4.78, 5) is 0. The van der Waals surface area contributed by atoms with Crippen molar-refractivity contribution in [3.05, 3.63) is 35.9 Å². The molecule has 1 aliphatic heterocycles. The van der Waals surface area contributed by atoms with E-state index < -0.39 is 10.0 Å². The number of nitrogens with zero attached hydrogens (tertiary/aromatic N) is 1. The number of piperidine rings is 1. The van der Waals surface area contributed by atoms with Gasteiger partial charge in [0, 0.05) is 7.05 Å². The Bertz CT molecular complexity index is 495. The van der Waals surface area contributed by atoms with Crippen LogP contribution >= 0.6 is 0 Å². The van der Waals surface area contributed by atoms with Crippen LogP contribution in [-0.4, -0.2) is 39.1 Å². The Kier molecular flexibility index (Phi) is 4.60. The van der Waals surface area contributed by atoms with Crippen molar-refractivity contribution in [2.75, 3.05) is 26.4 Å². The van der Waals surface area contributed by atoms with E-state index in [1.165, 1.54) is 10.6 Å². The molecule has 0 spiro atoms. The normalized spacial score (nSPS) is 19.5. The van der Waals surface area contributed by atoms with Gasteiger partial charge in [0.1, 0.15) is 0 Å². The van der Waals surface area contributed by atoms with Crippen LogP contribution in [0.5, 0.6) is 0 Å². The summed E-state index contributed by atoms with van der Waals surface area (Å²) in [6.07, 6.45) is 3.31. The van der Waals surface area contributed by atoms with Gasteiger partial charge in [0.05, 0.1) is 12.3 Å². The Morgan fingerprint density at radius 2 is 1.79 bits per heavy atom. The molecule has 0 aromatic heterocycles. The smallest absolute Gasteiger partial charge is 0.211 e. The van der Waals surface area contributed by atoms with E-state index in [0.29, 0.717) is 5.92 Å². The Hall–Kier alpha value is -0.910. The average molecular weight is 282 g/mol. The van der Waals surface area contributed by atoms with Crippen LogP contribution < -0.4 is 5.32 Å². The SMILES string of the molecule is CN(C(c1ccccc1)C1CCNCC1)S(C)(=O)=O. The molecule has 1 aromatic rings. The fraction of sp³-hybridized carbons (Fsp3) is 0.571. The molecule has 0 saturated carbocycles. The Morgan fingerprint density at radius 1 is 1.21 bits per heavy atom. The molecule has 1 N–H and O–H groups in total. The lowest BCUT2D eigenvalue weighted by molar-refractivity contribution is 0.223. The van der Waals surface area contributed by atoms with Gasteiger partial charge in [-0.25, -0.2) is 8.42 Å². The maximum atomic E-state index is 11.9. The van der Waals surface area contributed by atoms with Gasteiger partial charge >= 0.3 is 0 Å². The molecule has 0 radical (unpaired) electrons. The minimum Gasteiger partial charge on any atom is -0.317 e. The van der Waals surface area contributed by atoms with E-state index >= 15 is 0 Å². The first-order valence-electron chi connectivity index (χ1n) is 6.69. The maximum Gasteiger partial charge on any atom is 0.211 e. The topological polar surface area (TPSA) is 49.4 Å². The van der Waals surface area contributed by atoms with Crippen molar-refractivity contribution >= 4 is 10.0 Å². The molecule has 1 atom stereocenters. The number of rotatable bonds is 4. The fourth-order valence-electron chi connectivity index (χ4n) is 2.80. The molecule has 0 bridgehead atoms. The lowest BCUT2D eigenvalue weighted by Gasteiger charge is -2.36. The predicted molar refractivity (Wildman–Crippen MR) is 77.4 cm³/mol. The lowest BCUT2D eigenvalue weighted by Crippen LogP contribution is -2.39. The second kappa shape index (κ2) is 6.03. The largest absolute Gasteiger partial charge is 0.317 e. The number of sulfonamides is 1. The van der Waals surface area contributed by atoms with Crippen molar-refractivity contribution in [2.45, 2.75) is 18.9 Å². The van der Waals surface area contributed by atoms with Crippen molar-refractivity contribution < 1.29 is 8.42 Å². The summed E-state index contributed by atoms with van der Waals surface area (Å²) in [5.41, 5.74) is 1.09. The number of benzene rings is 1. The van der Waals surface area contributed by atoms with Gasteiger partial charge in [-0.15, -0.1) is 0 Å². The molecule has 5 heteroatoms. The highest BCUT2D eigenvalue weighted by molar-refractivity contribution is 7.88. The first kappa shape index (κ1) is 14.5. The fourth-order valence-corrected chi connectivity index (χ4v) is 3.50. The summed E-state index contributed by atoms with van der Waals surface area (Å²) in [7, 11) is -1.50. The van der Waals surface area contributed by atoms with Crippen LogP contribution in [-0.2, 0) is 10.0 Å². The summed E-state index contributed by atoms with van der Waals surface area (Å²) in [6.45, 7) is 1.93. The van der Waals surface area contributed by atoms with Crippen LogP contribution in [0.2, 0.25) is 0 Å². The first-order valence-corrected chi connectivity index (χ1v) is 8.53. The highest BCUT2D eigenvalue weighted by atomic mass is 32.2. The third-order valence-electron chi connectivity index (χ3n) is 3.89. The zero-order valence-electron chi connectivity index (χ0n) is 11.5. The van der Waals surface area contributed by atoms with Crippen molar-refractivity contribution in [1.82, 2.24) is 9.62 Å². The summed E-state index contributed by atoms with van der Waals surface area (Å²) in [5.74, 6) is 0.378. The van der Waals surface area contributed by atoms with Gasteiger partial charge in [0.15, 0.2) is 0 Å². The molecular formula is C14H22N2O2S. The molecule has 1 aromatic carbocycles. The van der Waals surface area contributed by atoms with Crippen molar-refractivity contribution in [1.29, 1.82) is 0 Å². The second-order valence-corrected chi connectivity index (χ2v) is 7.26. The monoisotopic (exact) mass is 282 g/mol. The van der Waals surface area contributed by atoms with Crippen LogP contribution in [0, 0.1) is 5.92 Å². The van der Waals surface area contributed by atoms with Gasteiger partial charge in [0.2, 0.25) is 10.0 Å². The molecule has 2 rings (SSSR count). The zero-order chi connectivity index (χ0) is 13.9. The molecule has 1 fully saturated rings. The highest BCUT2D eigenvalue weighted by Crippen LogP contribution is 2.34. The average Bonchev–Trinajstić information content (AvgIpc) is 2.40. The van der Waals surface area contributed by atoms with Crippen LogP contribution in [0.15, 0.2) is 30.3 Å². The molecule has 4 nitrogen and oxygen atoms in total. The summed E-state index contributed by atoms with van der Waals surface area (Å²) < 4.78 is 25.3. The summed E-state index contributed by atoms with van der Waals surface area (Å²) in [6, 6.07) is 9.89. The molecule has 1 saturated heterocycles. The van der Waals surface area contributed by atoms with Gasteiger partial charge in [-0.05, 0) is 37.4 Å². The Morgan fingerprint density at radius 3 is 2.32 bits per heavy atom. The third-order valence-corrected chi connectivity index (χ3v) is 5.16. The standard InChI is InChI=1S/C14H22N2O2S/c1-16(19(2,17)18)14(12-6-4-3-5-7-12)13-8-10-15-11-9-13/h3-7,13-15H,8-11H2,1-2H3. The van der Waals surface area contributed by atoms with Crippen LogP contribution in [0.3, 0.4) is 0 Å². The second-order valence-electron chi connectivity index (χ2n) is 5.22. The quantitative estimate of drug-likeness (QED) is 0.913. The zero-order valence-corrected chi connectivity index (χ0v) is 12.4. The minimum atomic E-state index is -3.19. The van der Waals surface area contributed by atoms with Gasteiger partial charge < -0.3 is 5.32 Å². The lowest BCUT2D eigenvalue weighted by atomic mass is 9.86. The number of hydrogen-bond donors (Lipinski definition) is 1. The maximum absolute atomic E-state index is 11.9. The molecule has 1 unspecified atom stereocenters. The van der Waals surface area contributed by atoms with Gasteiger partial charge in [-0.3, -0.25) is 0 Å². The van der Waals surface area contributed by atoms with E-state index in [9.17, 15) is 8.42 Å². The van der Waals surface area contributed by atoms with Crippen molar-refractivity contribution in [3.63, 3.8) is 0 Å². The highest BCUT2D eigenvalue weighted by Gasteiger charge is 2.32. The van der Waals surface area contributed by atoms with Crippen molar-refractivity contribution in [2.24, 2.45) is 5.92 Å². The van der Waals surface area contributed by atoms with E-state index in [2.05, 4.69) is 5.32 Å². The molecule has 0 aliphatic carbocycles.